The number of likely N-dealkylation sites (tertiary alicyclic amines) is 1. The summed E-state index contributed by atoms with van der Waals surface area (Å²) in [5.41, 5.74) is 1.56. The molecule has 1 heterocycles. The van der Waals surface area contributed by atoms with E-state index in [0.717, 1.165) is 5.56 Å². The largest absolute Gasteiger partial charge is 0.484 e. The summed E-state index contributed by atoms with van der Waals surface area (Å²) in [4.78, 5) is 40.1. The maximum Gasteiger partial charge on any atom is 0.260 e. The first kappa shape index (κ1) is 22.3. The van der Waals surface area contributed by atoms with E-state index in [1.54, 1.807) is 31.1 Å². The molecule has 0 bridgehead atoms. The fourth-order valence-electron chi connectivity index (χ4n) is 3.50. The summed E-state index contributed by atoms with van der Waals surface area (Å²) < 4.78 is 5.52. The summed E-state index contributed by atoms with van der Waals surface area (Å²) in [5.74, 6) is 0.458. The maximum atomic E-state index is 12.5. The van der Waals surface area contributed by atoms with Crippen molar-refractivity contribution in [2.24, 2.45) is 5.92 Å². The Balaban J connectivity index is 1.40. The van der Waals surface area contributed by atoms with Crippen LogP contribution in [0, 0.1) is 5.92 Å². The standard InChI is InChI=1S/C24H29N3O4/c1-26(2)24(30)20-10-8-18(9-11-20)16-25-23(29)19-12-14-27(15-13-19)22(28)17-31-21-6-4-3-5-7-21/h3-11,19H,12-17H2,1-2H3,(H,25,29). The predicted molar refractivity (Wildman–Crippen MR) is 118 cm³/mol. The number of hydrogen-bond donors (Lipinski definition) is 1. The van der Waals surface area contributed by atoms with Crippen LogP contribution >= 0.6 is 0 Å². The highest BCUT2D eigenvalue weighted by atomic mass is 16.5. The molecule has 2 aromatic rings. The minimum atomic E-state index is -0.103. The molecule has 0 atom stereocenters. The molecule has 164 valence electrons. The van der Waals surface area contributed by atoms with E-state index in [9.17, 15) is 14.4 Å². The Morgan fingerprint density at radius 1 is 1.00 bits per heavy atom. The normalized spacial score (nSPS) is 14.1. The Bertz CT molecular complexity index is 889. The Kier molecular flexibility index (Phi) is 7.65. The highest BCUT2D eigenvalue weighted by molar-refractivity contribution is 5.93. The van der Waals surface area contributed by atoms with E-state index < -0.39 is 0 Å². The van der Waals surface area contributed by atoms with Gasteiger partial charge in [-0.3, -0.25) is 14.4 Å². The molecule has 1 aliphatic rings. The van der Waals surface area contributed by atoms with E-state index in [4.69, 9.17) is 4.74 Å². The van der Waals surface area contributed by atoms with E-state index >= 15 is 0 Å². The Hall–Kier alpha value is -3.35. The fourth-order valence-corrected chi connectivity index (χ4v) is 3.50. The van der Waals surface area contributed by atoms with Gasteiger partial charge in [0.25, 0.3) is 11.8 Å². The maximum absolute atomic E-state index is 12.5. The third-order valence-corrected chi connectivity index (χ3v) is 5.40. The van der Waals surface area contributed by atoms with Crippen molar-refractivity contribution in [2.75, 3.05) is 33.8 Å². The number of amides is 3. The van der Waals surface area contributed by atoms with Gasteiger partial charge in [-0.1, -0.05) is 30.3 Å². The monoisotopic (exact) mass is 423 g/mol. The zero-order valence-corrected chi connectivity index (χ0v) is 18.0. The molecule has 7 nitrogen and oxygen atoms in total. The number of hydrogen-bond acceptors (Lipinski definition) is 4. The van der Waals surface area contributed by atoms with Crippen molar-refractivity contribution < 1.29 is 19.1 Å². The van der Waals surface area contributed by atoms with Crippen molar-refractivity contribution in [3.63, 3.8) is 0 Å². The van der Waals surface area contributed by atoms with Crippen LogP contribution in [0.5, 0.6) is 5.75 Å². The number of benzene rings is 2. The molecule has 0 spiro atoms. The summed E-state index contributed by atoms with van der Waals surface area (Å²) in [6.07, 6.45) is 1.28. The number of carbonyl (C=O) groups is 3. The van der Waals surface area contributed by atoms with Crippen molar-refractivity contribution in [3.8, 4) is 5.75 Å². The molecule has 3 amide bonds. The summed E-state index contributed by atoms with van der Waals surface area (Å²) in [5, 5.41) is 2.97. The number of nitrogens with one attached hydrogen (secondary N) is 1. The second kappa shape index (κ2) is 10.6. The second-order valence-electron chi connectivity index (χ2n) is 7.87. The van der Waals surface area contributed by atoms with Crippen LogP contribution in [0.15, 0.2) is 54.6 Å². The van der Waals surface area contributed by atoms with Crippen LogP contribution in [0.25, 0.3) is 0 Å². The highest BCUT2D eigenvalue weighted by Gasteiger charge is 2.27. The number of nitrogens with zero attached hydrogens (tertiary/aromatic N) is 2. The average molecular weight is 424 g/mol. The summed E-state index contributed by atoms with van der Waals surface area (Å²) in [6, 6.07) is 16.5. The van der Waals surface area contributed by atoms with E-state index in [2.05, 4.69) is 5.32 Å². The predicted octanol–water partition coefficient (Wildman–Crippen LogP) is 2.32. The van der Waals surface area contributed by atoms with E-state index in [1.165, 1.54) is 4.90 Å². The van der Waals surface area contributed by atoms with Crippen LogP contribution in [0.1, 0.15) is 28.8 Å². The Morgan fingerprint density at radius 3 is 2.26 bits per heavy atom. The van der Waals surface area contributed by atoms with Gasteiger partial charge in [0.2, 0.25) is 5.91 Å². The van der Waals surface area contributed by atoms with E-state index in [0.29, 0.717) is 43.8 Å². The Morgan fingerprint density at radius 2 is 1.65 bits per heavy atom. The summed E-state index contributed by atoms with van der Waals surface area (Å²) in [6.45, 7) is 1.53. The van der Waals surface area contributed by atoms with Crippen molar-refractivity contribution in [3.05, 3.63) is 65.7 Å². The van der Waals surface area contributed by atoms with Gasteiger partial charge in [-0.2, -0.15) is 0 Å². The Labute approximate surface area is 183 Å². The zero-order valence-electron chi connectivity index (χ0n) is 18.0. The van der Waals surface area contributed by atoms with Gasteiger partial charge in [-0.25, -0.2) is 0 Å². The van der Waals surface area contributed by atoms with Gasteiger partial charge in [-0.15, -0.1) is 0 Å². The number of para-hydroxylation sites is 1. The van der Waals surface area contributed by atoms with Crippen molar-refractivity contribution in [2.45, 2.75) is 19.4 Å². The van der Waals surface area contributed by atoms with Crippen LogP contribution in [0.4, 0.5) is 0 Å². The van der Waals surface area contributed by atoms with E-state index in [-0.39, 0.29) is 30.2 Å². The molecule has 1 fully saturated rings. The molecule has 0 aliphatic carbocycles. The fraction of sp³-hybridized carbons (Fsp3) is 0.375. The highest BCUT2D eigenvalue weighted by Crippen LogP contribution is 2.18. The molecule has 0 unspecified atom stereocenters. The first-order valence-corrected chi connectivity index (χ1v) is 10.5. The van der Waals surface area contributed by atoms with Crippen molar-refractivity contribution in [1.29, 1.82) is 0 Å². The minimum Gasteiger partial charge on any atom is -0.484 e. The second-order valence-corrected chi connectivity index (χ2v) is 7.87. The van der Waals surface area contributed by atoms with Crippen LogP contribution in [-0.2, 0) is 16.1 Å². The third-order valence-electron chi connectivity index (χ3n) is 5.40. The molecular formula is C24H29N3O4. The number of ether oxygens (including phenoxy) is 1. The first-order valence-electron chi connectivity index (χ1n) is 10.5. The van der Waals surface area contributed by atoms with Gasteiger partial charge in [0.15, 0.2) is 6.61 Å². The lowest BCUT2D eigenvalue weighted by atomic mass is 9.95. The lowest BCUT2D eigenvalue weighted by Crippen LogP contribution is -2.44. The van der Waals surface area contributed by atoms with Crippen molar-refractivity contribution in [1.82, 2.24) is 15.1 Å². The molecule has 1 N–H and O–H groups in total. The molecule has 0 radical (unpaired) electrons. The van der Waals surface area contributed by atoms with Gasteiger partial charge >= 0.3 is 0 Å². The number of rotatable bonds is 7. The van der Waals surface area contributed by atoms with Crippen molar-refractivity contribution >= 4 is 17.7 Å². The van der Waals surface area contributed by atoms with Crippen LogP contribution in [0.2, 0.25) is 0 Å². The topological polar surface area (TPSA) is 79.0 Å². The summed E-state index contributed by atoms with van der Waals surface area (Å²) >= 11 is 0. The van der Waals surface area contributed by atoms with Gasteiger partial charge < -0.3 is 19.9 Å². The molecule has 2 aromatic carbocycles. The molecule has 7 heteroatoms. The number of piperidine rings is 1. The molecular weight excluding hydrogens is 394 g/mol. The van der Waals surface area contributed by atoms with Gasteiger partial charge in [-0.05, 0) is 42.7 Å². The third kappa shape index (κ3) is 6.31. The minimum absolute atomic E-state index is 0.000999. The smallest absolute Gasteiger partial charge is 0.260 e. The molecule has 31 heavy (non-hydrogen) atoms. The SMILES string of the molecule is CN(C)C(=O)c1ccc(CNC(=O)C2CCN(C(=O)COc3ccccc3)CC2)cc1. The quantitative estimate of drug-likeness (QED) is 0.741. The van der Waals surface area contributed by atoms with Gasteiger partial charge in [0.05, 0.1) is 0 Å². The molecule has 1 aliphatic heterocycles. The lowest BCUT2D eigenvalue weighted by molar-refractivity contribution is -0.137. The average Bonchev–Trinajstić information content (AvgIpc) is 2.81. The summed E-state index contributed by atoms with van der Waals surface area (Å²) in [7, 11) is 3.43. The molecule has 0 saturated carbocycles. The van der Waals surface area contributed by atoms with Crippen LogP contribution in [-0.4, -0.2) is 61.3 Å². The van der Waals surface area contributed by atoms with Gasteiger partial charge in [0, 0.05) is 45.2 Å². The zero-order chi connectivity index (χ0) is 22.2. The molecule has 0 aromatic heterocycles. The van der Waals surface area contributed by atoms with Gasteiger partial charge in [0.1, 0.15) is 5.75 Å². The van der Waals surface area contributed by atoms with E-state index in [1.807, 2.05) is 42.5 Å². The molecule has 3 rings (SSSR count). The first-order chi connectivity index (χ1) is 14.9. The van der Waals surface area contributed by atoms with Crippen LogP contribution in [0.3, 0.4) is 0 Å². The van der Waals surface area contributed by atoms with Crippen LogP contribution < -0.4 is 10.1 Å². The number of carbonyl (C=O) groups excluding carboxylic acids is 3. The molecule has 1 saturated heterocycles. The lowest BCUT2D eigenvalue weighted by Gasteiger charge is -2.31.